The average Bonchev–Trinajstić information content (AvgIpc) is 3.07. The van der Waals surface area contributed by atoms with Crippen molar-refractivity contribution in [2.45, 2.75) is 0 Å². The van der Waals surface area contributed by atoms with E-state index in [0.717, 1.165) is 22.0 Å². The summed E-state index contributed by atoms with van der Waals surface area (Å²) in [6.07, 6.45) is 0. The van der Waals surface area contributed by atoms with Crippen LogP contribution in [-0.2, 0) is 0 Å². The van der Waals surface area contributed by atoms with Crippen molar-refractivity contribution >= 4 is 32.6 Å². The van der Waals surface area contributed by atoms with Gasteiger partial charge in [0.25, 0.3) is 0 Å². The van der Waals surface area contributed by atoms with Crippen molar-refractivity contribution in [2.75, 3.05) is 0 Å². The second-order valence-corrected chi connectivity index (χ2v) is 5.68. The normalized spacial score (nSPS) is 11.5. The quantitative estimate of drug-likeness (QED) is 0.365. The van der Waals surface area contributed by atoms with E-state index in [4.69, 9.17) is 4.42 Å². The molecule has 2 nitrogen and oxygen atoms in total. The van der Waals surface area contributed by atoms with E-state index in [2.05, 4.69) is 47.4 Å². The smallest absolute Gasteiger partial charge is 0.227 e. The fourth-order valence-corrected chi connectivity index (χ4v) is 3.18. The van der Waals surface area contributed by atoms with Crippen LogP contribution in [0.1, 0.15) is 0 Å². The summed E-state index contributed by atoms with van der Waals surface area (Å²) in [7, 11) is 0. The summed E-state index contributed by atoms with van der Waals surface area (Å²) in [5.41, 5.74) is 2.75. The standard InChI is InChI=1S/C21H13NO/c1-2-7-15(8-3-1)21-22-19-13-12-17-16-9-5-4-6-14(16)10-11-18(17)20(19)23-21/h1-13H. The molecule has 5 aromatic rings. The van der Waals surface area contributed by atoms with Crippen molar-refractivity contribution in [2.24, 2.45) is 0 Å². The minimum absolute atomic E-state index is 0.668. The molecule has 0 amide bonds. The molecule has 2 heteroatoms. The van der Waals surface area contributed by atoms with Gasteiger partial charge in [-0.2, -0.15) is 0 Å². The summed E-state index contributed by atoms with van der Waals surface area (Å²) >= 11 is 0. The second kappa shape index (κ2) is 4.68. The van der Waals surface area contributed by atoms with Crippen molar-refractivity contribution in [1.29, 1.82) is 0 Å². The summed E-state index contributed by atoms with van der Waals surface area (Å²) < 4.78 is 6.11. The zero-order chi connectivity index (χ0) is 15.2. The van der Waals surface area contributed by atoms with Crippen LogP contribution in [0.25, 0.3) is 44.1 Å². The Kier molecular flexibility index (Phi) is 2.53. The first-order valence-electron chi connectivity index (χ1n) is 7.66. The fourth-order valence-electron chi connectivity index (χ4n) is 3.18. The van der Waals surface area contributed by atoms with E-state index in [1.807, 2.05) is 36.4 Å². The lowest BCUT2D eigenvalue weighted by Crippen LogP contribution is -1.78. The van der Waals surface area contributed by atoms with Crippen LogP contribution in [0.15, 0.2) is 83.3 Å². The first-order chi connectivity index (χ1) is 11.4. The largest absolute Gasteiger partial charge is 0.435 e. The number of rotatable bonds is 1. The maximum atomic E-state index is 6.11. The van der Waals surface area contributed by atoms with Crippen molar-refractivity contribution in [3.8, 4) is 11.5 Å². The number of fused-ring (bicyclic) bond motifs is 5. The third-order valence-electron chi connectivity index (χ3n) is 4.30. The van der Waals surface area contributed by atoms with Gasteiger partial charge in [-0.15, -0.1) is 0 Å². The number of oxazole rings is 1. The molecule has 0 aliphatic rings. The number of hydrogen-bond acceptors (Lipinski definition) is 2. The molecule has 0 spiro atoms. The molecule has 0 unspecified atom stereocenters. The molecule has 1 heterocycles. The molecule has 4 aromatic carbocycles. The lowest BCUT2D eigenvalue weighted by molar-refractivity contribution is 0.623. The molecule has 0 saturated heterocycles. The molecule has 0 radical (unpaired) electrons. The monoisotopic (exact) mass is 295 g/mol. The van der Waals surface area contributed by atoms with Gasteiger partial charge in [0.05, 0.1) is 0 Å². The van der Waals surface area contributed by atoms with Crippen molar-refractivity contribution in [3.05, 3.63) is 78.9 Å². The Morgan fingerprint density at radius 3 is 2.30 bits per heavy atom. The van der Waals surface area contributed by atoms with Gasteiger partial charge in [-0.05, 0) is 40.4 Å². The van der Waals surface area contributed by atoms with Gasteiger partial charge >= 0.3 is 0 Å². The van der Waals surface area contributed by atoms with E-state index in [1.165, 1.54) is 16.2 Å². The molecule has 0 fully saturated rings. The maximum absolute atomic E-state index is 6.11. The molecule has 0 atom stereocenters. The third kappa shape index (κ3) is 1.85. The zero-order valence-electron chi connectivity index (χ0n) is 12.4. The van der Waals surface area contributed by atoms with Gasteiger partial charge in [-0.3, -0.25) is 0 Å². The number of hydrogen-bond donors (Lipinski definition) is 0. The highest BCUT2D eigenvalue weighted by Gasteiger charge is 2.12. The third-order valence-corrected chi connectivity index (χ3v) is 4.30. The molecular weight excluding hydrogens is 282 g/mol. The Bertz CT molecular complexity index is 1160. The summed E-state index contributed by atoms with van der Waals surface area (Å²) in [5, 5.41) is 4.79. The van der Waals surface area contributed by atoms with Gasteiger partial charge in [0.2, 0.25) is 5.89 Å². The molecule has 0 N–H and O–H groups in total. The van der Waals surface area contributed by atoms with Gasteiger partial charge in [-0.1, -0.05) is 54.6 Å². The number of aromatic nitrogens is 1. The van der Waals surface area contributed by atoms with E-state index in [1.54, 1.807) is 0 Å². The predicted octanol–water partition coefficient (Wildman–Crippen LogP) is 5.80. The lowest BCUT2D eigenvalue weighted by atomic mass is 10.0. The SMILES string of the molecule is c1ccc(-c2nc3ccc4c5ccccc5ccc4c3o2)cc1. The van der Waals surface area contributed by atoms with Crippen LogP contribution in [0.2, 0.25) is 0 Å². The topological polar surface area (TPSA) is 26.0 Å². The van der Waals surface area contributed by atoms with E-state index in [9.17, 15) is 0 Å². The highest BCUT2D eigenvalue weighted by molar-refractivity contribution is 6.15. The molecule has 0 saturated carbocycles. The summed E-state index contributed by atoms with van der Waals surface area (Å²) in [6, 6.07) is 26.9. The Morgan fingerprint density at radius 1 is 0.609 bits per heavy atom. The van der Waals surface area contributed by atoms with Crippen LogP contribution in [0.4, 0.5) is 0 Å². The molecule has 0 aliphatic heterocycles. The second-order valence-electron chi connectivity index (χ2n) is 5.68. The van der Waals surface area contributed by atoms with Crippen LogP contribution >= 0.6 is 0 Å². The Balaban J connectivity index is 1.86. The molecule has 0 bridgehead atoms. The van der Waals surface area contributed by atoms with Crippen molar-refractivity contribution in [1.82, 2.24) is 4.98 Å². The van der Waals surface area contributed by atoms with Gasteiger partial charge < -0.3 is 4.42 Å². The zero-order valence-corrected chi connectivity index (χ0v) is 12.4. The first kappa shape index (κ1) is 12.4. The maximum Gasteiger partial charge on any atom is 0.227 e. The highest BCUT2D eigenvalue weighted by atomic mass is 16.3. The molecule has 5 rings (SSSR count). The Hall–Kier alpha value is -3.13. The van der Waals surface area contributed by atoms with Gasteiger partial charge in [0, 0.05) is 10.9 Å². The number of nitrogens with zero attached hydrogens (tertiary/aromatic N) is 1. The summed E-state index contributed by atoms with van der Waals surface area (Å²) in [6.45, 7) is 0. The van der Waals surface area contributed by atoms with Crippen molar-refractivity contribution < 1.29 is 4.42 Å². The Labute approximate surface area is 133 Å². The molecular formula is C21H13NO. The van der Waals surface area contributed by atoms with Crippen LogP contribution in [0, 0.1) is 0 Å². The fraction of sp³-hybridized carbons (Fsp3) is 0. The van der Waals surface area contributed by atoms with E-state index in [-0.39, 0.29) is 0 Å². The van der Waals surface area contributed by atoms with Crippen molar-refractivity contribution in [3.63, 3.8) is 0 Å². The minimum Gasteiger partial charge on any atom is -0.435 e. The van der Waals surface area contributed by atoms with Gasteiger partial charge in [0.1, 0.15) is 5.52 Å². The predicted molar refractivity (Wildman–Crippen MR) is 94.5 cm³/mol. The van der Waals surface area contributed by atoms with Gasteiger partial charge in [0.15, 0.2) is 5.58 Å². The summed E-state index contributed by atoms with van der Waals surface area (Å²) in [5.74, 6) is 0.668. The average molecular weight is 295 g/mol. The highest BCUT2D eigenvalue weighted by Crippen LogP contribution is 2.33. The number of benzene rings is 4. The van der Waals surface area contributed by atoms with Crippen LogP contribution in [0.3, 0.4) is 0 Å². The molecule has 108 valence electrons. The van der Waals surface area contributed by atoms with Crippen LogP contribution < -0.4 is 0 Å². The van der Waals surface area contributed by atoms with Crippen LogP contribution in [-0.4, -0.2) is 4.98 Å². The Morgan fingerprint density at radius 2 is 1.39 bits per heavy atom. The summed E-state index contributed by atoms with van der Waals surface area (Å²) in [4.78, 5) is 4.65. The minimum atomic E-state index is 0.668. The van der Waals surface area contributed by atoms with Gasteiger partial charge in [-0.25, -0.2) is 4.98 Å². The lowest BCUT2D eigenvalue weighted by Gasteiger charge is -2.03. The van der Waals surface area contributed by atoms with E-state index >= 15 is 0 Å². The molecule has 1 aromatic heterocycles. The van der Waals surface area contributed by atoms with E-state index < -0.39 is 0 Å². The van der Waals surface area contributed by atoms with Crippen LogP contribution in [0.5, 0.6) is 0 Å². The first-order valence-corrected chi connectivity index (χ1v) is 7.66. The molecule has 23 heavy (non-hydrogen) atoms. The molecule has 0 aliphatic carbocycles. The van der Waals surface area contributed by atoms with E-state index in [0.29, 0.717) is 5.89 Å².